The van der Waals surface area contributed by atoms with Gasteiger partial charge >= 0.3 is 0 Å². The monoisotopic (exact) mass is 531 g/mol. The number of hydrogen-bond donors (Lipinski definition) is 0. The highest BCUT2D eigenvalue weighted by molar-refractivity contribution is 6.15. The van der Waals surface area contributed by atoms with Gasteiger partial charge in [0, 0.05) is 41.2 Å². The van der Waals surface area contributed by atoms with E-state index in [4.69, 9.17) is 14.5 Å². The SMILES string of the molecule is CCOc1cc2c(cc1OCC)C1CN(C)CCC1N=C2c1ccc(C(=O)N(C(C)C)C2CCCCC2)cc1. The molecule has 0 radical (unpaired) electrons. The van der Waals surface area contributed by atoms with Crippen LogP contribution in [0.25, 0.3) is 0 Å². The molecule has 0 aromatic heterocycles. The van der Waals surface area contributed by atoms with Crippen LogP contribution in [0, 0.1) is 0 Å². The van der Waals surface area contributed by atoms with E-state index in [0.717, 1.165) is 66.3 Å². The summed E-state index contributed by atoms with van der Waals surface area (Å²) in [6.07, 6.45) is 6.96. The summed E-state index contributed by atoms with van der Waals surface area (Å²) in [5.41, 5.74) is 5.20. The molecule has 210 valence electrons. The summed E-state index contributed by atoms with van der Waals surface area (Å²) in [7, 11) is 2.19. The van der Waals surface area contributed by atoms with Crippen molar-refractivity contribution in [3.05, 3.63) is 58.7 Å². The number of piperidine rings is 1. The van der Waals surface area contributed by atoms with Crippen molar-refractivity contribution in [3.8, 4) is 11.5 Å². The van der Waals surface area contributed by atoms with Crippen molar-refractivity contribution in [2.45, 2.75) is 90.3 Å². The maximum atomic E-state index is 13.7. The number of likely N-dealkylation sites (tertiary alicyclic amines) is 1. The first kappa shape index (κ1) is 27.7. The normalized spacial score (nSPS) is 21.6. The number of likely N-dealkylation sites (N-methyl/N-ethyl adjacent to an activating group) is 1. The van der Waals surface area contributed by atoms with Crippen LogP contribution in [0.3, 0.4) is 0 Å². The highest BCUT2D eigenvalue weighted by Crippen LogP contribution is 2.42. The Morgan fingerprint density at radius 2 is 1.67 bits per heavy atom. The lowest BCUT2D eigenvalue weighted by Crippen LogP contribution is -2.45. The molecule has 3 aliphatic rings. The number of benzene rings is 2. The molecule has 39 heavy (non-hydrogen) atoms. The van der Waals surface area contributed by atoms with E-state index in [1.165, 1.54) is 24.8 Å². The molecule has 2 atom stereocenters. The highest BCUT2D eigenvalue weighted by atomic mass is 16.5. The van der Waals surface area contributed by atoms with Gasteiger partial charge < -0.3 is 19.3 Å². The zero-order valence-corrected chi connectivity index (χ0v) is 24.4. The highest BCUT2D eigenvalue weighted by Gasteiger charge is 2.36. The van der Waals surface area contributed by atoms with E-state index < -0.39 is 0 Å². The maximum absolute atomic E-state index is 13.7. The number of nitrogens with zero attached hydrogens (tertiary/aromatic N) is 3. The fraction of sp³-hybridized carbons (Fsp3) is 0.576. The molecule has 2 aliphatic heterocycles. The van der Waals surface area contributed by atoms with E-state index in [0.29, 0.717) is 25.2 Å². The lowest BCUT2D eigenvalue weighted by molar-refractivity contribution is 0.0555. The van der Waals surface area contributed by atoms with E-state index in [2.05, 4.69) is 55.0 Å². The number of carbonyl (C=O) groups excluding carboxylic acids is 1. The molecule has 0 N–H and O–H groups in total. The van der Waals surface area contributed by atoms with E-state index in [1.807, 2.05) is 26.0 Å². The van der Waals surface area contributed by atoms with Crippen molar-refractivity contribution in [2.24, 2.45) is 4.99 Å². The Labute approximate surface area is 234 Å². The average Bonchev–Trinajstić information content (AvgIpc) is 2.94. The minimum absolute atomic E-state index is 0.143. The average molecular weight is 532 g/mol. The van der Waals surface area contributed by atoms with Gasteiger partial charge in [0.15, 0.2) is 11.5 Å². The first-order valence-electron chi connectivity index (χ1n) is 15.0. The second-order valence-corrected chi connectivity index (χ2v) is 11.6. The molecule has 6 heteroatoms. The van der Waals surface area contributed by atoms with Gasteiger partial charge in [0.05, 0.1) is 25.0 Å². The fourth-order valence-electron chi connectivity index (χ4n) is 6.75. The lowest BCUT2D eigenvalue weighted by Gasteiger charge is -2.39. The number of aliphatic imine (C=N–C) groups is 1. The second kappa shape index (κ2) is 12.1. The van der Waals surface area contributed by atoms with Crippen LogP contribution in [-0.2, 0) is 0 Å². The molecule has 2 heterocycles. The van der Waals surface area contributed by atoms with E-state index >= 15 is 0 Å². The van der Waals surface area contributed by atoms with E-state index in [-0.39, 0.29) is 18.0 Å². The van der Waals surface area contributed by atoms with Crippen molar-refractivity contribution < 1.29 is 14.3 Å². The third-order valence-electron chi connectivity index (χ3n) is 8.61. The quantitative estimate of drug-likeness (QED) is 0.401. The number of hydrogen-bond acceptors (Lipinski definition) is 5. The molecule has 0 spiro atoms. The first-order valence-corrected chi connectivity index (χ1v) is 15.0. The van der Waals surface area contributed by atoms with E-state index in [1.54, 1.807) is 0 Å². The van der Waals surface area contributed by atoms with Crippen molar-refractivity contribution in [2.75, 3.05) is 33.4 Å². The second-order valence-electron chi connectivity index (χ2n) is 11.6. The van der Waals surface area contributed by atoms with Crippen molar-refractivity contribution in [3.63, 3.8) is 0 Å². The minimum atomic E-state index is 0.143. The van der Waals surface area contributed by atoms with Gasteiger partial charge in [-0.1, -0.05) is 31.4 Å². The van der Waals surface area contributed by atoms with Crippen molar-refractivity contribution in [1.82, 2.24) is 9.80 Å². The zero-order valence-electron chi connectivity index (χ0n) is 24.4. The van der Waals surface area contributed by atoms with Gasteiger partial charge in [-0.15, -0.1) is 0 Å². The zero-order chi connectivity index (χ0) is 27.5. The molecule has 2 aromatic carbocycles. The van der Waals surface area contributed by atoms with Crippen LogP contribution < -0.4 is 9.47 Å². The molecular formula is C33H45N3O3. The summed E-state index contributed by atoms with van der Waals surface area (Å²) in [6.45, 7) is 11.5. The van der Waals surface area contributed by atoms with Crippen molar-refractivity contribution in [1.29, 1.82) is 0 Å². The van der Waals surface area contributed by atoms with Crippen molar-refractivity contribution >= 4 is 11.6 Å². The van der Waals surface area contributed by atoms with Crippen LogP contribution in [0.5, 0.6) is 11.5 Å². The van der Waals surface area contributed by atoms with Crippen LogP contribution >= 0.6 is 0 Å². The van der Waals surface area contributed by atoms with Crippen LogP contribution in [-0.4, -0.2) is 72.9 Å². The van der Waals surface area contributed by atoms with Gasteiger partial charge in [0.1, 0.15) is 0 Å². The summed E-state index contributed by atoms with van der Waals surface area (Å²) >= 11 is 0. The van der Waals surface area contributed by atoms with Gasteiger partial charge in [-0.05, 0) is 90.4 Å². The topological polar surface area (TPSA) is 54.4 Å². The Hall–Kier alpha value is -2.86. The molecule has 6 nitrogen and oxygen atoms in total. The number of ether oxygens (including phenoxy) is 2. The molecule has 1 saturated heterocycles. The molecule has 1 saturated carbocycles. The molecule has 5 rings (SSSR count). The minimum Gasteiger partial charge on any atom is -0.490 e. The molecule has 1 amide bonds. The summed E-state index contributed by atoms with van der Waals surface area (Å²) < 4.78 is 12.0. The lowest BCUT2D eigenvalue weighted by atomic mass is 9.79. The number of amides is 1. The number of carbonyl (C=O) groups is 1. The van der Waals surface area contributed by atoms with Gasteiger partial charge in [0.2, 0.25) is 0 Å². The van der Waals surface area contributed by atoms with Crippen LogP contribution in [0.2, 0.25) is 0 Å². The molecule has 1 aliphatic carbocycles. The largest absolute Gasteiger partial charge is 0.490 e. The number of rotatable bonds is 8. The predicted molar refractivity (Wildman–Crippen MR) is 158 cm³/mol. The van der Waals surface area contributed by atoms with Gasteiger partial charge in [-0.2, -0.15) is 0 Å². The smallest absolute Gasteiger partial charge is 0.254 e. The summed E-state index contributed by atoms with van der Waals surface area (Å²) in [6, 6.07) is 13.2. The number of fused-ring (bicyclic) bond motifs is 3. The van der Waals surface area contributed by atoms with Crippen LogP contribution in [0.15, 0.2) is 41.4 Å². The molecule has 2 fully saturated rings. The summed E-state index contributed by atoms with van der Waals surface area (Å²) in [5.74, 6) is 2.04. The summed E-state index contributed by atoms with van der Waals surface area (Å²) in [4.78, 5) is 23.5. The van der Waals surface area contributed by atoms with Crippen LogP contribution in [0.1, 0.15) is 99.2 Å². The Bertz CT molecular complexity index is 1180. The Morgan fingerprint density at radius 1 is 1.00 bits per heavy atom. The Kier molecular flexibility index (Phi) is 8.61. The summed E-state index contributed by atoms with van der Waals surface area (Å²) in [5, 5.41) is 0. The standard InChI is InChI=1S/C33H45N3O3/c1-6-38-30-19-26-27(20-31(30)39-7-2)32(34-29-17-18-35(5)21-28(26)29)23-13-15-24(16-14-23)33(37)36(22(3)4)25-11-9-8-10-12-25/h13-16,19-20,22,25,28-29H,6-12,17-18,21H2,1-5H3. The predicted octanol–water partition coefficient (Wildman–Crippen LogP) is 6.31. The molecular weight excluding hydrogens is 486 g/mol. The van der Waals surface area contributed by atoms with Gasteiger partial charge in [-0.3, -0.25) is 9.79 Å². The van der Waals surface area contributed by atoms with Gasteiger partial charge in [0.25, 0.3) is 5.91 Å². The van der Waals surface area contributed by atoms with Gasteiger partial charge in [-0.25, -0.2) is 0 Å². The van der Waals surface area contributed by atoms with E-state index in [9.17, 15) is 4.79 Å². The Balaban J connectivity index is 1.50. The molecule has 2 unspecified atom stereocenters. The third-order valence-corrected chi connectivity index (χ3v) is 8.61. The maximum Gasteiger partial charge on any atom is 0.254 e. The Morgan fingerprint density at radius 3 is 2.31 bits per heavy atom. The molecule has 0 bridgehead atoms. The van der Waals surface area contributed by atoms with Crippen LogP contribution in [0.4, 0.5) is 0 Å². The first-order chi connectivity index (χ1) is 18.9. The molecule has 2 aromatic rings. The third kappa shape index (κ3) is 5.72. The fourth-order valence-corrected chi connectivity index (χ4v) is 6.75.